The highest BCUT2D eigenvalue weighted by Crippen LogP contribution is 2.32. The van der Waals surface area contributed by atoms with Gasteiger partial charge in [0.05, 0.1) is 5.52 Å². The molecule has 0 fully saturated rings. The zero-order valence-electron chi connectivity index (χ0n) is 11.0. The molecular weight excluding hydrogens is 252 g/mol. The van der Waals surface area contributed by atoms with Crippen LogP contribution in [0, 0.1) is 6.92 Å². The molecule has 0 aliphatic heterocycles. The van der Waals surface area contributed by atoms with Gasteiger partial charge in [-0.05, 0) is 48.9 Å². The molecule has 0 unspecified atom stereocenters. The summed E-state index contributed by atoms with van der Waals surface area (Å²) in [4.78, 5) is 4.24. The summed E-state index contributed by atoms with van der Waals surface area (Å²) < 4.78 is 5.86. The Morgan fingerprint density at radius 2 is 1.85 bits per heavy atom. The zero-order chi connectivity index (χ0) is 14.1. The van der Waals surface area contributed by atoms with E-state index >= 15 is 0 Å². The van der Waals surface area contributed by atoms with Crippen molar-refractivity contribution in [3.8, 4) is 17.2 Å². The van der Waals surface area contributed by atoms with Gasteiger partial charge in [0, 0.05) is 23.3 Å². The quantitative estimate of drug-likeness (QED) is 0.695. The van der Waals surface area contributed by atoms with E-state index in [9.17, 15) is 5.11 Å². The fourth-order valence-electron chi connectivity index (χ4n) is 2.02. The van der Waals surface area contributed by atoms with Gasteiger partial charge in [0.1, 0.15) is 17.2 Å². The van der Waals surface area contributed by atoms with E-state index in [4.69, 9.17) is 10.5 Å². The van der Waals surface area contributed by atoms with E-state index in [2.05, 4.69) is 4.98 Å². The van der Waals surface area contributed by atoms with E-state index in [1.54, 1.807) is 30.5 Å². The van der Waals surface area contributed by atoms with E-state index < -0.39 is 0 Å². The van der Waals surface area contributed by atoms with Crippen molar-refractivity contribution in [2.45, 2.75) is 6.92 Å². The van der Waals surface area contributed by atoms with Crippen molar-refractivity contribution in [1.29, 1.82) is 0 Å². The van der Waals surface area contributed by atoms with E-state index in [1.807, 2.05) is 25.1 Å². The molecule has 0 radical (unpaired) electrons. The van der Waals surface area contributed by atoms with Crippen LogP contribution in [0.25, 0.3) is 10.9 Å². The number of nitrogens with two attached hydrogens (primary N) is 1. The number of phenols is 1. The van der Waals surface area contributed by atoms with E-state index in [1.165, 1.54) is 0 Å². The standard InChI is InChI=1S/C16H14N2O2/c1-10-8-13-14(9-15(10)19)18-7-6-16(13)20-12-4-2-11(17)3-5-12/h2-9,19H,17H2,1H3. The van der Waals surface area contributed by atoms with E-state index in [0.29, 0.717) is 22.7 Å². The predicted molar refractivity (Wildman–Crippen MR) is 79.1 cm³/mol. The first-order valence-corrected chi connectivity index (χ1v) is 6.25. The van der Waals surface area contributed by atoms with Crippen LogP contribution < -0.4 is 10.5 Å². The number of aromatic hydroxyl groups is 1. The van der Waals surface area contributed by atoms with Crippen molar-refractivity contribution < 1.29 is 9.84 Å². The number of rotatable bonds is 2. The molecular formula is C16H14N2O2. The smallest absolute Gasteiger partial charge is 0.138 e. The van der Waals surface area contributed by atoms with Crippen LogP contribution in [-0.4, -0.2) is 10.1 Å². The van der Waals surface area contributed by atoms with Crippen LogP contribution in [-0.2, 0) is 0 Å². The van der Waals surface area contributed by atoms with Gasteiger partial charge >= 0.3 is 0 Å². The van der Waals surface area contributed by atoms with Gasteiger partial charge in [0.2, 0.25) is 0 Å². The second-order valence-corrected chi connectivity index (χ2v) is 4.64. The van der Waals surface area contributed by atoms with Crippen LogP contribution in [0.3, 0.4) is 0 Å². The number of aryl methyl sites for hydroxylation is 1. The Bertz CT molecular complexity index is 767. The summed E-state index contributed by atoms with van der Waals surface area (Å²) in [7, 11) is 0. The third-order valence-corrected chi connectivity index (χ3v) is 3.13. The number of nitrogen functional groups attached to an aromatic ring is 1. The molecule has 0 aliphatic carbocycles. The number of benzene rings is 2. The zero-order valence-corrected chi connectivity index (χ0v) is 11.0. The Kier molecular flexibility index (Phi) is 2.91. The van der Waals surface area contributed by atoms with Crippen LogP contribution in [0.2, 0.25) is 0 Å². The molecule has 3 rings (SSSR count). The highest BCUT2D eigenvalue weighted by molar-refractivity contribution is 5.87. The van der Waals surface area contributed by atoms with Gasteiger partial charge in [0.25, 0.3) is 0 Å². The summed E-state index contributed by atoms with van der Waals surface area (Å²) in [6, 6.07) is 12.5. The Hall–Kier alpha value is -2.75. The Morgan fingerprint density at radius 1 is 1.10 bits per heavy atom. The van der Waals surface area contributed by atoms with E-state index in [0.717, 1.165) is 10.9 Å². The number of hydrogen-bond acceptors (Lipinski definition) is 4. The number of nitrogens with zero attached hydrogens (tertiary/aromatic N) is 1. The number of phenolic OH excluding ortho intramolecular Hbond substituents is 1. The first-order valence-electron chi connectivity index (χ1n) is 6.25. The predicted octanol–water partition coefficient (Wildman–Crippen LogP) is 3.62. The highest BCUT2D eigenvalue weighted by Gasteiger charge is 2.07. The topological polar surface area (TPSA) is 68.4 Å². The Morgan fingerprint density at radius 3 is 2.60 bits per heavy atom. The Labute approximate surface area is 116 Å². The summed E-state index contributed by atoms with van der Waals surface area (Å²) in [5.74, 6) is 1.63. The molecule has 0 saturated carbocycles. The fraction of sp³-hybridized carbons (Fsp3) is 0.0625. The van der Waals surface area contributed by atoms with Crippen molar-refractivity contribution >= 4 is 16.6 Å². The summed E-state index contributed by atoms with van der Waals surface area (Å²) in [6.07, 6.45) is 1.66. The van der Waals surface area contributed by atoms with E-state index in [-0.39, 0.29) is 5.75 Å². The van der Waals surface area contributed by atoms with Crippen molar-refractivity contribution in [3.05, 3.63) is 54.2 Å². The van der Waals surface area contributed by atoms with Gasteiger partial charge in [-0.2, -0.15) is 0 Å². The number of pyridine rings is 1. The lowest BCUT2D eigenvalue weighted by molar-refractivity contribution is 0.471. The third kappa shape index (κ3) is 2.23. The summed E-state index contributed by atoms with van der Waals surface area (Å²) >= 11 is 0. The minimum atomic E-state index is 0.231. The fourth-order valence-corrected chi connectivity index (χ4v) is 2.02. The molecule has 1 aromatic heterocycles. The van der Waals surface area contributed by atoms with Gasteiger partial charge in [-0.1, -0.05) is 0 Å². The molecule has 0 aliphatic rings. The lowest BCUT2D eigenvalue weighted by Crippen LogP contribution is -1.89. The number of ether oxygens (including phenoxy) is 1. The molecule has 1 heterocycles. The number of fused-ring (bicyclic) bond motifs is 1. The molecule has 0 bridgehead atoms. The van der Waals surface area contributed by atoms with Crippen LogP contribution in [0.5, 0.6) is 17.2 Å². The average molecular weight is 266 g/mol. The summed E-state index contributed by atoms with van der Waals surface area (Å²) in [5.41, 5.74) is 7.83. The molecule has 3 N–H and O–H groups in total. The van der Waals surface area contributed by atoms with Crippen LogP contribution in [0.1, 0.15) is 5.56 Å². The SMILES string of the molecule is Cc1cc2c(Oc3ccc(N)cc3)ccnc2cc1O. The van der Waals surface area contributed by atoms with Crippen LogP contribution in [0.15, 0.2) is 48.7 Å². The monoisotopic (exact) mass is 266 g/mol. The minimum Gasteiger partial charge on any atom is -0.508 e. The molecule has 0 spiro atoms. The molecule has 0 amide bonds. The van der Waals surface area contributed by atoms with Crippen LogP contribution in [0.4, 0.5) is 5.69 Å². The van der Waals surface area contributed by atoms with Crippen molar-refractivity contribution in [2.24, 2.45) is 0 Å². The second-order valence-electron chi connectivity index (χ2n) is 4.64. The number of aromatic nitrogens is 1. The maximum absolute atomic E-state index is 9.73. The molecule has 100 valence electrons. The minimum absolute atomic E-state index is 0.231. The van der Waals surface area contributed by atoms with Crippen molar-refractivity contribution in [3.63, 3.8) is 0 Å². The molecule has 4 heteroatoms. The first kappa shape index (κ1) is 12.3. The van der Waals surface area contributed by atoms with Gasteiger partial charge < -0.3 is 15.6 Å². The molecule has 3 aromatic rings. The maximum atomic E-state index is 9.73. The number of hydrogen-bond donors (Lipinski definition) is 2. The van der Waals surface area contributed by atoms with Crippen molar-refractivity contribution in [2.75, 3.05) is 5.73 Å². The second kappa shape index (κ2) is 4.74. The Balaban J connectivity index is 2.07. The largest absolute Gasteiger partial charge is 0.508 e. The highest BCUT2D eigenvalue weighted by atomic mass is 16.5. The van der Waals surface area contributed by atoms with Gasteiger partial charge in [0.15, 0.2) is 0 Å². The molecule has 20 heavy (non-hydrogen) atoms. The lowest BCUT2D eigenvalue weighted by Gasteiger charge is -2.10. The maximum Gasteiger partial charge on any atom is 0.138 e. The number of anilines is 1. The first-order chi connectivity index (χ1) is 9.63. The van der Waals surface area contributed by atoms with Gasteiger partial charge in [-0.3, -0.25) is 4.98 Å². The van der Waals surface area contributed by atoms with Crippen molar-refractivity contribution in [1.82, 2.24) is 4.98 Å². The molecule has 0 saturated heterocycles. The van der Waals surface area contributed by atoms with Gasteiger partial charge in [-0.25, -0.2) is 0 Å². The summed E-state index contributed by atoms with van der Waals surface area (Å²) in [5, 5.41) is 10.6. The average Bonchev–Trinajstić information content (AvgIpc) is 2.43. The summed E-state index contributed by atoms with van der Waals surface area (Å²) in [6.45, 7) is 1.84. The van der Waals surface area contributed by atoms with Crippen LogP contribution >= 0.6 is 0 Å². The molecule has 2 aromatic carbocycles. The molecule has 4 nitrogen and oxygen atoms in total. The molecule has 0 atom stereocenters. The third-order valence-electron chi connectivity index (χ3n) is 3.13. The normalized spacial score (nSPS) is 10.7. The lowest BCUT2D eigenvalue weighted by atomic mass is 10.1. The van der Waals surface area contributed by atoms with Gasteiger partial charge in [-0.15, -0.1) is 0 Å².